The Bertz CT molecular complexity index is 1300. The van der Waals surface area contributed by atoms with Crippen LogP contribution in [0.5, 0.6) is 0 Å². The second kappa shape index (κ2) is 7.71. The maximum absolute atomic E-state index is 13.2. The van der Waals surface area contributed by atoms with Gasteiger partial charge in [-0.1, -0.05) is 42.5 Å². The van der Waals surface area contributed by atoms with Gasteiger partial charge in [0.25, 0.3) is 5.89 Å². The van der Waals surface area contributed by atoms with E-state index in [1.54, 1.807) is 12.1 Å². The van der Waals surface area contributed by atoms with E-state index in [0.717, 1.165) is 22.0 Å². The van der Waals surface area contributed by atoms with Crippen molar-refractivity contribution < 1.29 is 8.81 Å². The number of nitrogens with zero attached hydrogens (tertiary/aromatic N) is 4. The SMILES string of the molecule is Fc1ccc(CNc2nc(-c3nnc(-c4ccccc4)o3)nc3ccccc23)cc1. The molecule has 0 radical (unpaired) electrons. The molecule has 0 amide bonds. The van der Waals surface area contributed by atoms with Gasteiger partial charge >= 0.3 is 0 Å². The van der Waals surface area contributed by atoms with Crippen molar-refractivity contribution in [1.29, 1.82) is 0 Å². The standard InChI is InChI=1S/C23H16FN5O/c24-17-12-10-15(11-13-17)14-25-20-18-8-4-5-9-19(18)26-21(27-20)23-29-28-22(30-23)16-6-2-1-3-7-16/h1-13H,14H2,(H,25,26,27). The molecule has 0 aliphatic rings. The van der Waals surface area contributed by atoms with Gasteiger partial charge in [-0.3, -0.25) is 0 Å². The number of aromatic nitrogens is 4. The molecule has 0 saturated carbocycles. The number of hydrogen-bond donors (Lipinski definition) is 1. The summed E-state index contributed by atoms with van der Waals surface area (Å²) in [5.74, 6) is 1.36. The van der Waals surface area contributed by atoms with Crippen LogP contribution in [0.25, 0.3) is 34.1 Å². The molecular weight excluding hydrogens is 381 g/mol. The molecule has 2 aromatic heterocycles. The first-order chi connectivity index (χ1) is 14.8. The molecule has 0 atom stereocenters. The number of para-hydroxylation sites is 1. The number of halogens is 1. The zero-order chi connectivity index (χ0) is 20.3. The van der Waals surface area contributed by atoms with Gasteiger partial charge in [0, 0.05) is 17.5 Å². The van der Waals surface area contributed by atoms with Crippen LogP contribution in [0, 0.1) is 5.82 Å². The van der Waals surface area contributed by atoms with Gasteiger partial charge in [0.1, 0.15) is 11.6 Å². The maximum atomic E-state index is 13.2. The van der Waals surface area contributed by atoms with Crippen molar-refractivity contribution in [1.82, 2.24) is 20.2 Å². The molecule has 2 heterocycles. The molecule has 5 aromatic rings. The molecule has 0 unspecified atom stereocenters. The van der Waals surface area contributed by atoms with E-state index in [1.807, 2.05) is 54.6 Å². The van der Waals surface area contributed by atoms with Gasteiger partial charge in [-0.2, -0.15) is 0 Å². The van der Waals surface area contributed by atoms with Gasteiger partial charge in [0.2, 0.25) is 11.7 Å². The van der Waals surface area contributed by atoms with Crippen molar-refractivity contribution in [2.24, 2.45) is 0 Å². The number of anilines is 1. The fourth-order valence-electron chi connectivity index (χ4n) is 3.11. The second-order valence-corrected chi connectivity index (χ2v) is 6.67. The number of rotatable bonds is 5. The van der Waals surface area contributed by atoms with E-state index in [-0.39, 0.29) is 11.7 Å². The minimum atomic E-state index is -0.265. The van der Waals surface area contributed by atoms with Crippen LogP contribution in [0.15, 0.2) is 83.3 Å². The van der Waals surface area contributed by atoms with Crippen molar-refractivity contribution in [3.05, 3.63) is 90.2 Å². The van der Waals surface area contributed by atoms with Gasteiger partial charge in [-0.15, -0.1) is 10.2 Å². The van der Waals surface area contributed by atoms with Crippen LogP contribution in [0.2, 0.25) is 0 Å². The van der Waals surface area contributed by atoms with Crippen molar-refractivity contribution in [2.75, 3.05) is 5.32 Å². The van der Waals surface area contributed by atoms with E-state index in [9.17, 15) is 4.39 Å². The minimum Gasteiger partial charge on any atom is -0.413 e. The Hall–Kier alpha value is -4.13. The van der Waals surface area contributed by atoms with Gasteiger partial charge < -0.3 is 9.73 Å². The Labute approximate surface area is 171 Å². The molecule has 0 spiro atoms. The van der Waals surface area contributed by atoms with Crippen LogP contribution in [-0.2, 0) is 6.54 Å². The Kier molecular flexibility index (Phi) is 4.61. The molecular formula is C23H16FN5O. The highest BCUT2D eigenvalue weighted by molar-refractivity contribution is 5.90. The van der Waals surface area contributed by atoms with Crippen LogP contribution in [0.1, 0.15) is 5.56 Å². The van der Waals surface area contributed by atoms with Crippen LogP contribution in [0.4, 0.5) is 10.2 Å². The average molecular weight is 397 g/mol. The summed E-state index contributed by atoms with van der Waals surface area (Å²) >= 11 is 0. The summed E-state index contributed by atoms with van der Waals surface area (Å²) in [7, 11) is 0. The molecule has 0 fully saturated rings. The third kappa shape index (κ3) is 3.60. The average Bonchev–Trinajstić information content (AvgIpc) is 3.29. The lowest BCUT2D eigenvalue weighted by Gasteiger charge is -2.10. The predicted molar refractivity (Wildman–Crippen MR) is 112 cm³/mol. The predicted octanol–water partition coefficient (Wildman–Crippen LogP) is 5.10. The summed E-state index contributed by atoms with van der Waals surface area (Å²) in [5, 5.41) is 12.4. The highest BCUT2D eigenvalue weighted by atomic mass is 19.1. The fraction of sp³-hybridized carbons (Fsp3) is 0.0435. The van der Waals surface area contributed by atoms with Crippen molar-refractivity contribution >= 4 is 16.7 Å². The largest absolute Gasteiger partial charge is 0.413 e. The molecule has 1 N–H and O–H groups in total. The smallest absolute Gasteiger partial charge is 0.286 e. The van der Waals surface area contributed by atoms with E-state index in [4.69, 9.17) is 4.42 Å². The Morgan fingerprint density at radius 3 is 2.33 bits per heavy atom. The van der Waals surface area contributed by atoms with Crippen molar-refractivity contribution in [3.63, 3.8) is 0 Å². The Balaban J connectivity index is 1.50. The molecule has 0 bridgehead atoms. The van der Waals surface area contributed by atoms with E-state index >= 15 is 0 Å². The first kappa shape index (κ1) is 17.9. The Morgan fingerprint density at radius 2 is 1.50 bits per heavy atom. The topological polar surface area (TPSA) is 76.7 Å². The first-order valence-electron chi connectivity index (χ1n) is 9.41. The summed E-state index contributed by atoms with van der Waals surface area (Å²) in [4.78, 5) is 9.20. The number of fused-ring (bicyclic) bond motifs is 1. The molecule has 30 heavy (non-hydrogen) atoms. The van der Waals surface area contributed by atoms with Crippen LogP contribution < -0.4 is 5.32 Å². The molecule has 0 aliphatic carbocycles. The summed E-state index contributed by atoms with van der Waals surface area (Å²) in [6, 6.07) is 23.5. The van der Waals surface area contributed by atoms with Crippen LogP contribution in [0.3, 0.4) is 0 Å². The Morgan fingerprint density at radius 1 is 0.767 bits per heavy atom. The molecule has 0 saturated heterocycles. The summed E-state index contributed by atoms with van der Waals surface area (Å²) in [6.07, 6.45) is 0. The quantitative estimate of drug-likeness (QED) is 0.445. The van der Waals surface area contributed by atoms with E-state index < -0.39 is 0 Å². The molecule has 6 nitrogen and oxygen atoms in total. The van der Waals surface area contributed by atoms with Crippen molar-refractivity contribution in [2.45, 2.75) is 6.54 Å². The minimum absolute atomic E-state index is 0.240. The van der Waals surface area contributed by atoms with E-state index in [1.165, 1.54) is 12.1 Å². The summed E-state index contributed by atoms with van der Waals surface area (Å²) in [5.41, 5.74) is 2.51. The number of benzene rings is 3. The fourth-order valence-corrected chi connectivity index (χ4v) is 3.11. The molecule has 5 rings (SSSR count). The first-order valence-corrected chi connectivity index (χ1v) is 9.41. The summed E-state index contributed by atoms with van der Waals surface area (Å²) < 4.78 is 19.0. The lowest BCUT2D eigenvalue weighted by molar-refractivity contribution is 0.579. The number of hydrogen-bond acceptors (Lipinski definition) is 6. The van der Waals surface area contributed by atoms with Gasteiger partial charge in [0.05, 0.1) is 5.52 Å². The lowest BCUT2D eigenvalue weighted by atomic mass is 10.2. The normalized spacial score (nSPS) is 11.0. The maximum Gasteiger partial charge on any atom is 0.286 e. The monoisotopic (exact) mass is 397 g/mol. The zero-order valence-corrected chi connectivity index (χ0v) is 15.8. The highest BCUT2D eigenvalue weighted by Gasteiger charge is 2.16. The highest BCUT2D eigenvalue weighted by Crippen LogP contribution is 2.26. The van der Waals surface area contributed by atoms with Crippen LogP contribution >= 0.6 is 0 Å². The van der Waals surface area contributed by atoms with Crippen LogP contribution in [-0.4, -0.2) is 20.2 Å². The lowest BCUT2D eigenvalue weighted by Crippen LogP contribution is -2.04. The van der Waals surface area contributed by atoms with E-state index in [2.05, 4.69) is 25.5 Å². The van der Waals surface area contributed by atoms with E-state index in [0.29, 0.717) is 24.1 Å². The molecule has 7 heteroatoms. The van der Waals surface area contributed by atoms with Gasteiger partial charge in [0.15, 0.2) is 0 Å². The molecule has 3 aromatic carbocycles. The second-order valence-electron chi connectivity index (χ2n) is 6.67. The van der Waals surface area contributed by atoms with Gasteiger partial charge in [-0.25, -0.2) is 14.4 Å². The third-order valence-electron chi connectivity index (χ3n) is 4.61. The summed E-state index contributed by atoms with van der Waals surface area (Å²) in [6.45, 7) is 0.486. The molecule has 146 valence electrons. The van der Waals surface area contributed by atoms with Gasteiger partial charge in [-0.05, 0) is 42.0 Å². The zero-order valence-electron chi connectivity index (χ0n) is 15.8. The number of nitrogens with one attached hydrogen (secondary N) is 1. The molecule has 0 aliphatic heterocycles. The van der Waals surface area contributed by atoms with Crippen molar-refractivity contribution in [3.8, 4) is 23.2 Å². The third-order valence-corrected chi connectivity index (χ3v) is 4.61.